The van der Waals surface area contributed by atoms with E-state index in [9.17, 15) is 19.2 Å². The van der Waals surface area contributed by atoms with Gasteiger partial charge in [-0.05, 0) is 41.9 Å². The molecule has 3 N–H and O–H groups in total. The van der Waals surface area contributed by atoms with E-state index in [0.29, 0.717) is 9.81 Å². The topological polar surface area (TPSA) is 113 Å². The summed E-state index contributed by atoms with van der Waals surface area (Å²) in [5, 5.41) is 0.999. The summed E-state index contributed by atoms with van der Waals surface area (Å²) in [5.41, 5.74) is 9.69. The molecule has 37 heavy (non-hydrogen) atoms. The van der Waals surface area contributed by atoms with Gasteiger partial charge in [-0.1, -0.05) is 96.4 Å². The summed E-state index contributed by atoms with van der Waals surface area (Å²) in [7, 11) is 0. The summed E-state index contributed by atoms with van der Waals surface area (Å²) in [6.07, 6.45) is 3.09. The molecule has 2 fully saturated rings. The first kappa shape index (κ1) is 26.7. The molecule has 2 aliphatic rings. The lowest BCUT2D eigenvalue weighted by Crippen LogP contribution is -2.48. The smallest absolute Gasteiger partial charge is 0.285 e. The highest BCUT2D eigenvalue weighted by molar-refractivity contribution is 8.27. The van der Waals surface area contributed by atoms with Gasteiger partial charge in [0, 0.05) is 6.42 Å². The Hall–Kier alpha value is -3.32. The van der Waals surface area contributed by atoms with E-state index >= 15 is 0 Å². The van der Waals surface area contributed by atoms with Crippen molar-refractivity contribution < 1.29 is 19.2 Å². The average molecular weight is 569 g/mol. The van der Waals surface area contributed by atoms with Crippen LogP contribution in [-0.4, -0.2) is 48.2 Å². The van der Waals surface area contributed by atoms with Gasteiger partial charge in [0.1, 0.15) is 10.4 Å². The predicted octanol–water partition coefficient (Wildman–Crippen LogP) is 3.45. The molecule has 0 aliphatic carbocycles. The number of nitrogens with zero attached hydrogens (tertiary/aromatic N) is 2. The zero-order valence-electron chi connectivity index (χ0n) is 19.2. The first-order valence-electron chi connectivity index (χ1n) is 11.0. The normalized spacial score (nSPS) is 18.7. The maximum absolute atomic E-state index is 13.0. The van der Waals surface area contributed by atoms with Gasteiger partial charge < -0.3 is 5.73 Å². The SMILES string of the molecule is NC(=O)C(CCC(=O)NN1C(=O)/C(=C/c2ccccc2)SC1=S)N1C(=O)/C(=C/c2ccccc2)SC1=S. The van der Waals surface area contributed by atoms with Crippen molar-refractivity contribution in [1.82, 2.24) is 15.3 Å². The Morgan fingerprint density at radius 1 is 0.865 bits per heavy atom. The molecule has 0 radical (unpaired) electrons. The maximum atomic E-state index is 13.0. The standard InChI is InChI=1S/C25H20N4O4S4/c26-21(31)17(28-22(32)18(36-24(28)34)13-15-7-3-1-4-8-15)11-12-20(30)27-29-23(33)19(37-25(29)35)14-16-9-5-2-6-10-16/h1-10,13-14,17H,11-12H2,(H2,26,31)(H,27,30)/b18-13-,19-14-. The van der Waals surface area contributed by atoms with Gasteiger partial charge in [-0.3, -0.25) is 29.5 Å². The van der Waals surface area contributed by atoms with Crippen molar-refractivity contribution >= 4 is 92.4 Å². The van der Waals surface area contributed by atoms with Gasteiger partial charge >= 0.3 is 0 Å². The van der Waals surface area contributed by atoms with Gasteiger partial charge in [0.2, 0.25) is 11.8 Å². The van der Waals surface area contributed by atoms with Gasteiger partial charge in [-0.2, -0.15) is 5.01 Å². The Morgan fingerprint density at radius 3 is 1.92 bits per heavy atom. The first-order valence-corrected chi connectivity index (χ1v) is 13.4. The van der Waals surface area contributed by atoms with Crippen molar-refractivity contribution in [3.63, 3.8) is 0 Å². The molecule has 2 saturated heterocycles. The molecule has 0 spiro atoms. The molecule has 8 nitrogen and oxygen atoms in total. The number of nitrogens with two attached hydrogens (primary N) is 1. The molecular formula is C25H20N4O4S4. The van der Waals surface area contributed by atoms with Gasteiger partial charge in [-0.25, -0.2) is 0 Å². The van der Waals surface area contributed by atoms with Gasteiger partial charge in [0.15, 0.2) is 4.32 Å². The molecular weight excluding hydrogens is 549 g/mol. The molecule has 0 aromatic heterocycles. The van der Waals surface area contributed by atoms with Crippen LogP contribution in [0, 0.1) is 0 Å². The van der Waals surface area contributed by atoms with Crippen LogP contribution >= 0.6 is 48.0 Å². The largest absolute Gasteiger partial charge is 0.368 e. The number of hydrazine groups is 1. The average Bonchev–Trinajstić information content (AvgIpc) is 3.29. The second kappa shape index (κ2) is 11.8. The van der Waals surface area contributed by atoms with E-state index in [-0.39, 0.29) is 21.5 Å². The Labute approximate surface area is 232 Å². The number of amides is 4. The molecule has 1 atom stereocenters. The third kappa shape index (κ3) is 6.34. The third-order valence-corrected chi connectivity index (χ3v) is 7.97. The van der Waals surface area contributed by atoms with E-state index in [4.69, 9.17) is 30.2 Å². The van der Waals surface area contributed by atoms with Crippen LogP contribution in [0.25, 0.3) is 12.2 Å². The fourth-order valence-electron chi connectivity index (χ4n) is 3.56. The molecule has 4 rings (SSSR count). The zero-order valence-corrected chi connectivity index (χ0v) is 22.4. The number of primary amides is 1. The molecule has 2 aromatic rings. The van der Waals surface area contributed by atoms with Gasteiger partial charge in [-0.15, -0.1) is 0 Å². The lowest BCUT2D eigenvalue weighted by molar-refractivity contribution is -0.134. The molecule has 1 unspecified atom stereocenters. The van der Waals surface area contributed by atoms with Crippen molar-refractivity contribution in [1.29, 1.82) is 0 Å². The van der Waals surface area contributed by atoms with Crippen molar-refractivity contribution in [2.24, 2.45) is 5.73 Å². The zero-order chi connectivity index (χ0) is 26.5. The van der Waals surface area contributed by atoms with Crippen LogP contribution in [-0.2, 0) is 19.2 Å². The molecule has 4 amide bonds. The Morgan fingerprint density at radius 2 is 1.38 bits per heavy atom. The quantitative estimate of drug-likeness (QED) is 0.368. The summed E-state index contributed by atoms with van der Waals surface area (Å²) in [5.74, 6) is -2.26. The van der Waals surface area contributed by atoms with Crippen molar-refractivity contribution in [3.05, 3.63) is 81.6 Å². The number of carbonyl (C=O) groups excluding carboxylic acids is 4. The van der Waals surface area contributed by atoms with E-state index in [1.807, 2.05) is 60.7 Å². The highest BCUT2D eigenvalue weighted by Crippen LogP contribution is 2.35. The molecule has 188 valence electrons. The Balaban J connectivity index is 1.40. The number of hydrogen-bond acceptors (Lipinski definition) is 8. The fraction of sp³-hybridized carbons (Fsp3) is 0.120. The van der Waals surface area contributed by atoms with Gasteiger partial charge in [0.25, 0.3) is 11.8 Å². The van der Waals surface area contributed by atoms with E-state index in [2.05, 4.69) is 5.43 Å². The molecule has 0 saturated carbocycles. The molecule has 2 heterocycles. The van der Waals surface area contributed by atoms with Crippen LogP contribution in [0.1, 0.15) is 24.0 Å². The minimum Gasteiger partial charge on any atom is -0.368 e. The minimum atomic E-state index is -1.12. The second-order valence-corrected chi connectivity index (χ2v) is 11.2. The third-order valence-electron chi connectivity index (χ3n) is 5.33. The summed E-state index contributed by atoms with van der Waals surface area (Å²) in [6.45, 7) is 0. The molecule has 12 heteroatoms. The van der Waals surface area contributed by atoms with Crippen molar-refractivity contribution in [2.45, 2.75) is 18.9 Å². The van der Waals surface area contributed by atoms with E-state index in [1.54, 1.807) is 12.2 Å². The van der Waals surface area contributed by atoms with Crippen LogP contribution in [0.5, 0.6) is 0 Å². The van der Waals surface area contributed by atoms with Crippen LogP contribution < -0.4 is 11.2 Å². The molecule has 2 aliphatic heterocycles. The summed E-state index contributed by atoms with van der Waals surface area (Å²) in [6, 6.07) is 17.3. The highest BCUT2D eigenvalue weighted by Gasteiger charge is 2.40. The van der Waals surface area contributed by atoms with Crippen molar-refractivity contribution in [2.75, 3.05) is 0 Å². The van der Waals surface area contributed by atoms with Crippen LogP contribution in [0.3, 0.4) is 0 Å². The van der Waals surface area contributed by atoms with E-state index in [1.165, 1.54) is 0 Å². The first-order chi connectivity index (χ1) is 17.7. The van der Waals surface area contributed by atoms with Crippen molar-refractivity contribution in [3.8, 4) is 0 Å². The number of rotatable bonds is 8. The lowest BCUT2D eigenvalue weighted by atomic mass is 10.1. The number of thiocarbonyl (C=S) groups is 2. The van der Waals surface area contributed by atoms with Crippen LogP contribution in [0.15, 0.2) is 70.5 Å². The number of thioether (sulfide) groups is 2. The fourth-order valence-corrected chi connectivity index (χ4v) is 6.10. The number of nitrogens with one attached hydrogen (secondary N) is 1. The molecule has 2 aromatic carbocycles. The van der Waals surface area contributed by atoms with Gasteiger partial charge in [0.05, 0.1) is 9.81 Å². The monoisotopic (exact) mass is 568 g/mol. The number of carbonyl (C=O) groups is 4. The Kier molecular flexibility index (Phi) is 8.54. The number of benzene rings is 2. The second-order valence-electron chi connectivity index (χ2n) is 7.88. The summed E-state index contributed by atoms with van der Waals surface area (Å²) in [4.78, 5) is 52.6. The summed E-state index contributed by atoms with van der Waals surface area (Å²) >= 11 is 12.7. The lowest BCUT2D eigenvalue weighted by Gasteiger charge is -2.24. The van der Waals surface area contributed by atoms with E-state index in [0.717, 1.165) is 44.6 Å². The Bertz CT molecular complexity index is 1340. The van der Waals surface area contributed by atoms with E-state index < -0.39 is 29.7 Å². The van der Waals surface area contributed by atoms with Crippen LogP contribution in [0.4, 0.5) is 0 Å². The number of hydrogen-bond donors (Lipinski definition) is 2. The highest BCUT2D eigenvalue weighted by atomic mass is 32.2. The maximum Gasteiger partial charge on any atom is 0.285 e. The predicted molar refractivity (Wildman–Crippen MR) is 153 cm³/mol. The molecule has 0 bridgehead atoms. The summed E-state index contributed by atoms with van der Waals surface area (Å²) < 4.78 is 0.356. The van der Waals surface area contributed by atoms with Crippen LogP contribution in [0.2, 0.25) is 0 Å². The minimum absolute atomic E-state index is 0.0825.